The van der Waals surface area contributed by atoms with Crippen LogP contribution in [0.2, 0.25) is 5.02 Å². The minimum absolute atomic E-state index is 0.108. The van der Waals surface area contributed by atoms with E-state index in [1.807, 2.05) is 0 Å². The van der Waals surface area contributed by atoms with E-state index in [2.05, 4.69) is 5.32 Å². The number of benzene rings is 1. The molecule has 88 valence electrons. The maximum Gasteiger partial charge on any atom is 0.256 e. The predicted octanol–water partition coefficient (Wildman–Crippen LogP) is 1.90. The molecule has 1 N–H and O–H groups in total. The first-order valence-corrected chi connectivity index (χ1v) is 5.96. The van der Waals surface area contributed by atoms with Crippen LogP contribution >= 0.6 is 11.6 Å². The average molecular weight is 251 g/mol. The summed E-state index contributed by atoms with van der Waals surface area (Å²) in [6.07, 6.45) is 1.60. The summed E-state index contributed by atoms with van der Waals surface area (Å²) in [6.45, 7) is 0.642. The lowest BCUT2D eigenvalue weighted by Crippen LogP contribution is -2.40. The van der Waals surface area contributed by atoms with Crippen LogP contribution in [0.5, 0.6) is 0 Å². The highest BCUT2D eigenvalue weighted by Gasteiger charge is 2.38. The zero-order valence-electron chi connectivity index (χ0n) is 9.07. The second kappa shape index (κ2) is 3.74. The number of para-hydroxylation sites is 1. The van der Waals surface area contributed by atoms with Crippen molar-refractivity contribution in [3.63, 3.8) is 0 Å². The van der Waals surface area contributed by atoms with Crippen LogP contribution in [0.1, 0.15) is 23.2 Å². The second-order valence-corrected chi connectivity index (χ2v) is 4.72. The van der Waals surface area contributed by atoms with E-state index in [9.17, 15) is 9.59 Å². The normalized spacial score (nSPS) is 22.9. The Morgan fingerprint density at radius 1 is 1.35 bits per heavy atom. The molecule has 1 fully saturated rings. The molecule has 2 aliphatic rings. The van der Waals surface area contributed by atoms with Crippen LogP contribution in [0.15, 0.2) is 18.2 Å². The Labute approximate surface area is 104 Å². The molecule has 1 aromatic rings. The van der Waals surface area contributed by atoms with Crippen LogP contribution in [-0.2, 0) is 4.79 Å². The summed E-state index contributed by atoms with van der Waals surface area (Å²) in [6, 6.07) is 4.75. The van der Waals surface area contributed by atoms with Gasteiger partial charge in [-0.25, -0.2) is 0 Å². The van der Waals surface area contributed by atoms with Gasteiger partial charge in [-0.05, 0) is 25.0 Å². The molecule has 2 amide bonds. The van der Waals surface area contributed by atoms with Crippen molar-refractivity contribution in [2.24, 2.45) is 0 Å². The lowest BCUT2D eigenvalue weighted by molar-refractivity contribution is -0.119. The highest BCUT2D eigenvalue weighted by Crippen LogP contribution is 2.32. The molecular formula is C12H11ClN2O2. The van der Waals surface area contributed by atoms with Crippen molar-refractivity contribution < 1.29 is 9.59 Å². The Kier molecular flexibility index (Phi) is 2.33. The van der Waals surface area contributed by atoms with Gasteiger partial charge >= 0.3 is 0 Å². The van der Waals surface area contributed by atoms with Gasteiger partial charge in [0.15, 0.2) is 0 Å². The third kappa shape index (κ3) is 1.52. The van der Waals surface area contributed by atoms with Crippen molar-refractivity contribution in [3.8, 4) is 0 Å². The van der Waals surface area contributed by atoms with Gasteiger partial charge in [-0.2, -0.15) is 0 Å². The number of fused-ring (bicyclic) bond motifs is 2. The van der Waals surface area contributed by atoms with Gasteiger partial charge in [0, 0.05) is 6.54 Å². The standard InChI is InChI=1S/C12H11ClN2O2/c13-8-4-1-3-7-10(8)14-11(16)9-5-2-6-15(9)12(7)17/h1,3-4,9H,2,5-6H2,(H,14,16)/t9-/m0/s1. The molecule has 4 nitrogen and oxygen atoms in total. The fourth-order valence-corrected chi connectivity index (χ4v) is 2.69. The molecule has 0 bridgehead atoms. The lowest BCUT2D eigenvalue weighted by Gasteiger charge is -2.19. The maximum absolute atomic E-state index is 12.3. The molecule has 0 aromatic heterocycles. The molecule has 17 heavy (non-hydrogen) atoms. The molecule has 5 heteroatoms. The number of halogens is 1. The van der Waals surface area contributed by atoms with Crippen LogP contribution in [0, 0.1) is 0 Å². The number of nitrogens with one attached hydrogen (secondary N) is 1. The summed E-state index contributed by atoms with van der Waals surface area (Å²) in [7, 11) is 0. The Hall–Kier alpha value is -1.55. The fraction of sp³-hybridized carbons (Fsp3) is 0.333. The van der Waals surface area contributed by atoms with Crippen molar-refractivity contribution >= 4 is 29.1 Å². The average Bonchev–Trinajstić information content (AvgIpc) is 2.76. The SMILES string of the molecule is O=C1Nc2c(Cl)cccc2C(=O)N2CCC[C@@H]12. The molecule has 1 aromatic carbocycles. The van der Waals surface area contributed by atoms with Gasteiger partial charge in [-0.1, -0.05) is 17.7 Å². The van der Waals surface area contributed by atoms with Gasteiger partial charge in [-0.3, -0.25) is 9.59 Å². The highest BCUT2D eigenvalue weighted by molar-refractivity contribution is 6.35. The van der Waals surface area contributed by atoms with Gasteiger partial charge in [0.2, 0.25) is 5.91 Å². The van der Waals surface area contributed by atoms with Crippen molar-refractivity contribution in [1.29, 1.82) is 0 Å². The number of amides is 2. The molecule has 2 aliphatic heterocycles. The number of anilines is 1. The van der Waals surface area contributed by atoms with Crippen molar-refractivity contribution in [2.75, 3.05) is 11.9 Å². The number of nitrogens with zero attached hydrogens (tertiary/aromatic N) is 1. The fourth-order valence-electron chi connectivity index (χ4n) is 2.47. The third-order valence-corrected chi connectivity index (χ3v) is 3.62. The van der Waals surface area contributed by atoms with Crippen LogP contribution < -0.4 is 5.32 Å². The highest BCUT2D eigenvalue weighted by atomic mass is 35.5. The first kappa shape index (κ1) is 10.6. The molecule has 0 radical (unpaired) electrons. The van der Waals surface area contributed by atoms with E-state index in [-0.39, 0.29) is 17.9 Å². The predicted molar refractivity (Wildman–Crippen MR) is 64.1 cm³/mol. The first-order chi connectivity index (χ1) is 8.18. The van der Waals surface area contributed by atoms with Gasteiger partial charge in [0.1, 0.15) is 6.04 Å². The minimum Gasteiger partial charge on any atom is -0.327 e. The topological polar surface area (TPSA) is 49.4 Å². The molecule has 3 rings (SSSR count). The van der Waals surface area contributed by atoms with E-state index >= 15 is 0 Å². The number of carbonyl (C=O) groups is 2. The van der Waals surface area contributed by atoms with E-state index in [1.165, 1.54) is 0 Å². The molecule has 1 atom stereocenters. The number of hydrogen-bond donors (Lipinski definition) is 1. The molecule has 2 heterocycles. The van der Waals surface area contributed by atoms with Crippen LogP contribution in [0.3, 0.4) is 0 Å². The Balaban J connectivity index is 2.15. The maximum atomic E-state index is 12.3. The van der Waals surface area contributed by atoms with Crippen LogP contribution in [0.25, 0.3) is 0 Å². The summed E-state index contributed by atoms with van der Waals surface area (Å²) in [4.78, 5) is 25.9. The monoisotopic (exact) mass is 250 g/mol. The second-order valence-electron chi connectivity index (χ2n) is 4.31. The zero-order chi connectivity index (χ0) is 12.0. The van der Waals surface area contributed by atoms with E-state index in [1.54, 1.807) is 23.1 Å². The van der Waals surface area contributed by atoms with Gasteiger partial charge in [-0.15, -0.1) is 0 Å². The smallest absolute Gasteiger partial charge is 0.256 e. The quantitative estimate of drug-likeness (QED) is 0.765. The Morgan fingerprint density at radius 3 is 3.00 bits per heavy atom. The molecule has 1 saturated heterocycles. The summed E-state index contributed by atoms with van der Waals surface area (Å²) in [5.74, 6) is -0.244. The van der Waals surface area contributed by atoms with E-state index < -0.39 is 0 Å². The van der Waals surface area contributed by atoms with Crippen molar-refractivity contribution in [2.45, 2.75) is 18.9 Å². The van der Waals surface area contributed by atoms with Crippen molar-refractivity contribution in [3.05, 3.63) is 28.8 Å². The Bertz CT molecular complexity index is 515. The summed E-state index contributed by atoms with van der Waals surface area (Å²) < 4.78 is 0. The molecule has 0 saturated carbocycles. The largest absolute Gasteiger partial charge is 0.327 e. The van der Waals surface area contributed by atoms with Crippen molar-refractivity contribution in [1.82, 2.24) is 4.90 Å². The summed E-state index contributed by atoms with van der Waals surface area (Å²) in [5.41, 5.74) is 0.925. The lowest BCUT2D eigenvalue weighted by atomic mass is 10.1. The van der Waals surface area contributed by atoms with E-state index in [0.717, 1.165) is 12.8 Å². The van der Waals surface area contributed by atoms with Gasteiger partial charge in [0.25, 0.3) is 5.91 Å². The summed E-state index contributed by atoms with van der Waals surface area (Å²) in [5, 5.41) is 3.17. The van der Waals surface area contributed by atoms with Gasteiger partial charge in [0.05, 0.1) is 16.3 Å². The third-order valence-electron chi connectivity index (χ3n) is 3.31. The molecule has 0 aliphatic carbocycles. The minimum atomic E-state index is -0.342. The number of carbonyl (C=O) groups excluding carboxylic acids is 2. The summed E-state index contributed by atoms with van der Waals surface area (Å²) >= 11 is 6.02. The number of hydrogen-bond acceptors (Lipinski definition) is 2. The zero-order valence-corrected chi connectivity index (χ0v) is 9.83. The molecule has 0 unspecified atom stereocenters. The Morgan fingerprint density at radius 2 is 2.18 bits per heavy atom. The molecule has 0 spiro atoms. The number of rotatable bonds is 0. The molecular weight excluding hydrogens is 240 g/mol. The first-order valence-electron chi connectivity index (χ1n) is 5.59. The van der Waals surface area contributed by atoms with E-state index in [0.29, 0.717) is 22.8 Å². The van der Waals surface area contributed by atoms with Gasteiger partial charge < -0.3 is 10.2 Å². The van der Waals surface area contributed by atoms with E-state index in [4.69, 9.17) is 11.6 Å². The van der Waals surface area contributed by atoms with Crippen LogP contribution in [-0.4, -0.2) is 29.3 Å². The van der Waals surface area contributed by atoms with Crippen LogP contribution in [0.4, 0.5) is 5.69 Å².